The average molecular weight is 698 g/mol. The molecule has 2 aromatic carbocycles. The standard InChI is InChI=1S/C34H47N7O7S/c1-49(46,47)40-20-18-37(19-21-40)26-9-13-38(14-10-26)32(43)31(23-24-6-7-30(42)28(35)22-24)48-34(45)39-15-11-27(12-16-39)41-17-8-25-4-2-3-5-29(25)36-33(41)44/h2-7,22,26-27,31,42H,8-21,23,35H2,1H3,(H,36,44)/t31-/m1/s1. The number of carbonyl (C=O) groups excluding carboxylic acids is 3. The van der Waals surface area contributed by atoms with E-state index < -0.39 is 22.2 Å². The maximum Gasteiger partial charge on any atom is 0.410 e. The number of fused-ring (bicyclic) bond motifs is 1. The third-order valence-electron chi connectivity index (χ3n) is 10.4. The summed E-state index contributed by atoms with van der Waals surface area (Å²) in [7, 11) is -3.21. The van der Waals surface area contributed by atoms with Crippen LogP contribution in [0.15, 0.2) is 42.5 Å². The molecule has 4 aliphatic rings. The number of likely N-dealkylation sites (tertiary alicyclic amines) is 2. The summed E-state index contributed by atoms with van der Waals surface area (Å²) in [6, 6.07) is 12.6. The van der Waals surface area contributed by atoms with E-state index >= 15 is 0 Å². The molecule has 3 fully saturated rings. The predicted molar refractivity (Wildman–Crippen MR) is 185 cm³/mol. The molecular formula is C34H47N7O7S. The van der Waals surface area contributed by atoms with E-state index in [2.05, 4.69) is 10.2 Å². The number of nitrogens with two attached hydrogens (primary N) is 1. The number of phenols is 1. The summed E-state index contributed by atoms with van der Waals surface area (Å²) in [5.74, 6) is -0.344. The number of ether oxygens (including phenoxy) is 1. The molecule has 0 saturated carbocycles. The quantitative estimate of drug-likeness (QED) is 0.290. The van der Waals surface area contributed by atoms with Crippen LogP contribution in [-0.2, 0) is 32.4 Å². The van der Waals surface area contributed by atoms with Gasteiger partial charge < -0.3 is 35.6 Å². The second-order valence-corrected chi connectivity index (χ2v) is 15.5. The lowest BCUT2D eigenvalue weighted by Crippen LogP contribution is -2.55. The van der Waals surface area contributed by atoms with E-state index in [1.54, 1.807) is 21.9 Å². The number of rotatable bonds is 7. The Morgan fingerprint density at radius 2 is 1.57 bits per heavy atom. The zero-order chi connectivity index (χ0) is 34.7. The molecule has 15 heteroatoms. The SMILES string of the molecule is CS(=O)(=O)N1CCN(C2CCN(C(=O)[C@@H](Cc3ccc(O)c(N)c3)OC(=O)N3CCC(N4CCc5ccccc5NC4=O)CC3)CC2)CC1. The molecule has 4 aliphatic heterocycles. The van der Waals surface area contributed by atoms with Gasteiger partial charge in [-0.05, 0) is 61.4 Å². The van der Waals surface area contributed by atoms with Crippen molar-refractivity contribution in [3.8, 4) is 5.75 Å². The summed E-state index contributed by atoms with van der Waals surface area (Å²) in [5.41, 5.74) is 8.70. The second-order valence-electron chi connectivity index (χ2n) is 13.5. The van der Waals surface area contributed by atoms with Crippen LogP contribution >= 0.6 is 0 Å². The summed E-state index contributed by atoms with van der Waals surface area (Å²) in [5, 5.41) is 13.0. The number of hydrogen-bond donors (Lipinski definition) is 3. The van der Waals surface area contributed by atoms with Crippen LogP contribution in [0.4, 0.5) is 21.0 Å². The fourth-order valence-corrected chi connectivity index (χ4v) is 8.30. The van der Waals surface area contributed by atoms with Crippen molar-refractivity contribution in [1.82, 2.24) is 23.9 Å². The molecule has 0 bridgehead atoms. The lowest BCUT2D eigenvalue weighted by molar-refractivity contribution is -0.142. The molecule has 266 valence electrons. The van der Waals surface area contributed by atoms with Crippen LogP contribution in [0.1, 0.15) is 36.8 Å². The van der Waals surface area contributed by atoms with Crippen molar-refractivity contribution in [3.05, 3.63) is 53.6 Å². The van der Waals surface area contributed by atoms with Crippen LogP contribution in [0.2, 0.25) is 0 Å². The summed E-state index contributed by atoms with van der Waals surface area (Å²) >= 11 is 0. The van der Waals surface area contributed by atoms with Crippen LogP contribution in [0.3, 0.4) is 0 Å². The van der Waals surface area contributed by atoms with Gasteiger partial charge in [-0.1, -0.05) is 24.3 Å². The fraction of sp³-hybridized carbons (Fsp3) is 0.559. The predicted octanol–water partition coefficient (Wildman–Crippen LogP) is 2.14. The van der Waals surface area contributed by atoms with E-state index in [4.69, 9.17) is 10.5 Å². The first kappa shape index (κ1) is 34.8. The van der Waals surface area contributed by atoms with Crippen LogP contribution in [0, 0.1) is 0 Å². The zero-order valence-electron chi connectivity index (χ0n) is 28.0. The molecule has 3 saturated heterocycles. The smallest absolute Gasteiger partial charge is 0.410 e. The summed E-state index contributed by atoms with van der Waals surface area (Å²) in [6.45, 7) is 4.60. The van der Waals surface area contributed by atoms with Crippen LogP contribution in [0.5, 0.6) is 5.75 Å². The van der Waals surface area contributed by atoms with Gasteiger partial charge in [-0.15, -0.1) is 0 Å². The Hall–Kier alpha value is -4.08. The maximum absolute atomic E-state index is 13.9. The van der Waals surface area contributed by atoms with Crippen molar-refractivity contribution in [3.63, 3.8) is 0 Å². The zero-order valence-corrected chi connectivity index (χ0v) is 28.8. The van der Waals surface area contributed by atoms with Gasteiger partial charge in [0, 0.05) is 83.1 Å². The largest absolute Gasteiger partial charge is 0.506 e. The molecule has 4 heterocycles. The Bertz CT molecular complexity index is 1630. The minimum Gasteiger partial charge on any atom is -0.506 e. The highest BCUT2D eigenvalue weighted by molar-refractivity contribution is 7.88. The molecule has 1 atom stereocenters. The number of phenolic OH excluding ortho intramolecular Hbond substituents is 1. The number of urea groups is 1. The fourth-order valence-electron chi connectivity index (χ4n) is 7.47. The highest BCUT2D eigenvalue weighted by atomic mass is 32.2. The Morgan fingerprint density at radius 1 is 0.918 bits per heavy atom. The summed E-state index contributed by atoms with van der Waals surface area (Å²) in [4.78, 5) is 48.0. The number of piperidine rings is 2. The molecule has 49 heavy (non-hydrogen) atoms. The number of piperazine rings is 1. The first-order valence-corrected chi connectivity index (χ1v) is 19.0. The maximum atomic E-state index is 13.9. The minimum atomic E-state index is -3.21. The van der Waals surface area contributed by atoms with E-state index in [9.17, 15) is 27.9 Å². The Labute approximate surface area is 287 Å². The number of nitrogen functional groups attached to an aromatic ring is 1. The van der Waals surface area contributed by atoms with Crippen molar-refractivity contribution in [2.24, 2.45) is 0 Å². The molecule has 0 unspecified atom stereocenters. The number of sulfonamides is 1. The highest BCUT2D eigenvalue weighted by Gasteiger charge is 2.37. The first-order valence-electron chi connectivity index (χ1n) is 17.1. The van der Waals surface area contributed by atoms with Gasteiger partial charge in [0.1, 0.15) is 5.75 Å². The molecule has 4 N–H and O–H groups in total. The van der Waals surface area contributed by atoms with Crippen molar-refractivity contribution in [2.75, 3.05) is 76.2 Å². The molecule has 0 spiro atoms. The number of para-hydroxylation sites is 1. The number of aromatic hydroxyl groups is 1. The monoisotopic (exact) mass is 697 g/mol. The number of nitrogens with zero attached hydrogens (tertiary/aromatic N) is 5. The van der Waals surface area contributed by atoms with E-state index in [-0.39, 0.29) is 41.9 Å². The number of amides is 4. The molecule has 2 aromatic rings. The van der Waals surface area contributed by atoms with Crippen molar-refractivity contribution in [1.29, 1.82) is 0 Å². The topological polar surface area (TPSA) is 169 Å². The summed E-state index contributed by atoms with van der Waals surface area (Å²) in [6.07, 6.45) is 3.10. The van der Waals surface area contributed by atoms with E-state index in [0.29, 0.717) is 77.3 Å². The normalized spacial score (nSPS) is 21.1. The number of benzene rings is 2. The average Bonchev–Trinajstić information content (AvgIpc) is 3.27. The van der Waals surface area contributed by atoms with E-state index in [1.807, 2.05) is 29.2 Å². The van der Waals surface area contributed by atoms with Gasteiger partial charge in [0.2, 0.25) is 10.0 Å². The van der Waals surface area contributed by atoms with Gasteiger partial charge in [0.25, 0.3) is 5.91 Å². The number of carbonyl (C=O) groups is 3. The van der Waals surface area contributed by atoms with Crippen molar-refractivity contribution in [2.45, 2.75) is 56.7 Å². The lowest BCUT2D eigenvalue weighted by Gasteiger charge is -2.42. The van der Waals surface area contributed by atoms with Gasteiger partial charge in [-0.2, -0.15) is 4.31 Å². The molecule has 0 radical (unpaired) electrons. The van der Waals surface area contributed by atoms with Gasteiger partial charge in [-0.25, -0.2) is 18.0 Å². The molecule has 4 amide bonds. The highest BCUT2D eigenvalue weighted by Crippen LogP contribution is 2.27. The van der Waals surface area contributed by atoms with Crippen LogP contribution < -0.4 is 11.1 Å². The number of nitrogens with one attached hydrogen (secondary N) is 1. The van der Waals surface area contributed by atoms with Gasteiger partial charge >= 0.3 is 12.1 Å². The minimum absolute atomic E-state index is 0.0218. The Morgan fingerprint density at radius 3 is 2.24 bits per heavy atom. The van der Waals surface area contributed by atoms with E-state index in [0.717, 1.165) is 30.5 Å². The second kappa shape index (κ2) is 14.8. The van der Waals surface area contributed by atoms with E-state index in [1.165, 1.54) is 16.6 Å². The third kappa shape index (κ3) is 8.22. The molecular weight excluding hydrogens is 650 g/mol. The molecule has 14 nitrogen and oxygen atoms in total. The third-order valence-corrected chi connectivity index (χ3v) is 11.7. The number of hydrogen-bond acceptors (Lipinski definition) is 9. The lowest BCUT2D eigenvalue weighted by atomic mass is 10.0. The molecule has 6 rings (SSSR count). The van der Waals surface area contributed by atoms with Gasteiger partial charge in [0.05, 0.1) is 11.9 Å². The Balaban J connectivity index is 1.06. The van der Waals surface area contributed by atoms with Crippen LogP contribution in [0.25, 0.3) is 0 Å². The first-order chi connectivity index (χ1) is 23.5. The molecule has 0 aromatic heterocycles. The van der Waals surface area contributed by atoms with Crippen molar-refractivity contribution >= 4 is 39.4 Å². The molecule has 0 aliphatic carbocycles. The van der Waals surface area contributed by atoms with Crippen LogP contribution in [-0.4, -0.2) is 139 Å². The van der Waals surface area contributed by atoms with Gasteiger partial charge in [-0.3, -0.25) is 9.69 Å². The van der Waals surface area contributed by atoms with Crippen molar-refractivity contribution < 1.29 is 32.6 Å². The summed E-state index contributed by atoms with van der Waals surface area (Å²) < 4.78 is 31.3. The Kier molecular flexibility index (Phi) is 10.5. The number of anilines is 2. The van der Waals surface area contributed by atoms with Gasteiger partial charge in [0.15, 0.2) is 6.10 Å².